The van der Waals surface area contributed by atoms with E-state index in [9.17, 15) is 13.6 Å². The maximum atomic E-state index is 14.0. The maximum Gasteiger partial charge on any atom is 0.255 e. The largest absolute Gasteiger partial charge is 0.381 e. The Hall–Kier alpha value is -1.63. The number of halogens is 3. The first-order valence-corrected chi connectivity index (χ1v) is 9.16. The third-order valence-electron chi connectivity index (χ3n) is 3.87. The molecule has 0 saturated carbocycles. The molecule has 25 heavy (non-hydrogen) atoms. The number of thioether (sulfide) groups is 1. The molecule has 1 fully saturated rings. The Balaban J connectivity index is 1.69. The van der Waals surface area contributed by atoms with E-state index in [0.717, 1.165) is 18.8 Å². The van der Waals surface area contributed by atoms with Gasteiger partial charge in [-0.3, -0.25) is 4.79 Å². The molecule has 1 unspecified atom stereocenters. The van der Waals surface area contributed by atoms with Gasteiger partial charge in [0.05, 0.1) is 11.6 Å². The zero-order valence-corrected chi connectivity index (χ0v) is 14.8. The van der Waals surface area contributed by atoms with E-state index in [1.165, 1.54) is 48.2 Å². The lowest BCUT2D eigenvalue weighted by molar-refractivity contribution is 0.102. The summed E-state index contributed by atoms with van der Waals surface area (Å²) in [7, 11) is 0. The fourth-order valence-corrected chi connectivity index (χ4v) is 3.73. The fraction of sp³-hybridized carbons (Fsp3) is 0.278. The molecule has 0 aromatic heterocycles. The lowest BCUT2D eigenvalue weighted by Crippen LogP contribution is -2.12. The first kappa shape index (κ1) is 18.2. The van der Waals surface area contributed by atoms with Gasteiger partial charge in [0.2, 0.25) is 0 Å². The van der Waals surface area contributed by atoms with E-state index in [4.69, 9.17) is 16.3 Å². The van der Waals surface area contributed by atoms with E-state index in [1.54, 1.807) is 0 Å². The van der Waals surface area contributed by atoms with Gasteiger partial charge in [-0.05, 0) is 48.7 Å². The van der Waals surface area contributed by atoms with Crippen LogP contribution in [0.4, 0.5) is 14.5 Å². The molecule has 0 bridgehead atoms. The zero-order valence-electron chi connectivity index (χ0n) is 13.2. The number of amides is 1. The quantitative estimate of drug-likeness (QED) is 0.738. The zero-order chi connectivity index (χ0) is 17.8. The predicted octanol–water partition coefficient (Wildman–Crippen LogP) is 5.00. The van der Waals surface area contributed by atoms with E-state index >= 15 is 0 Å². The van der Waals surface area contributed by atoms with E-state index in [1.807, 2.05) is 0 Å². The number of anilines is 1. The molecule has 7 heteroatoms. The smallest absolute Gasteiger partial charge is 0.255 e. The van der Waals surface area contributed by atoms with E-state index in [2.05, 4.69) is 5.32 Å². The summed E-state index contributed by atoms with van der Waals surface area (Å²) in [6, 6.07) is 8.13. The molecule has 1 aliphatic heterocycles. The average Bonchev–Trinajstić information content (AvgIpc) is 3.11. The van der Waals surface area contributed by atoms with E-state index < -0.39 is 11.7 Å². The molecule has 0 radical (unpaired) electrons. The summed E-state index contributed by atoms with van der Waals surface area (Å²) in [6.07, 6.45) is 0.972. The minimum Gasteiger partial charge on any atom is -0.381 e. The lowest BCUT2D eigenvalue weighted by Gasteiger charge is -2.10. The van der Waals surface area contributed by atoms with Gasteiger partial charge in [-0.25, -0.2) is 8.78 Å². The molecule has 1 heterocycles. The molecule has 1 atom stereocenters. The second-order valence-corrected chi connectivity index (χ2v) is 7.24. The van der Waals surface area contributed by atoms with Crippen molar-refractivity contribution in [3.05, 3.63) is 58.6 Å². The molecule has 0 aliphatic carbocycles. The van der Waals surface area contributed by atoms with Crippen LogP contribution in [0.1, 0.15) is 16.8 Å². The van der Waals surface area contributed by atoms with Gasteiger partial charge in [0.25, 0.3) is 5.91 Å². The number of ether oxygens (including phenoxy) is 1. The predicted molar refractivity (Wildman–Crippen MR) is 95.4 cm³/mol. The standard InChI is InChI=1S/C18H16ClF2NO2S/c19-14-8-13(2-4-15(14)20)22-18(23)12-1-3-16(21)17(7-12)25-10-11-5-6-24-9-11/h1-4,7-8,11H,5-6,9-10H2,(H,22,23). The van der Waals surface area contributed by atoms with Gasteiger partial charge in [-0.2, -0.15) is 0 Å². The van der Waals surface area contributed by atoms with Crippen molar-refractivity contribution in [3.8, 4) is 0 Å². The third kappa shape index (κ3) is 4.71. The van der Waals surface area contributed by atoms with Crippen molar-refractivity contribution < 1.29 is 18.3 Å². The number of hydrogen-bond acceptors (Lipinski definition) is 3. The molecular weight excluding hydrogens is 368 g/mol. The number of benzene rings is 2. The van der Waals surface area contributed by atoms with Crippen LogP contribution in [-0.4, -0.2) is 24.9 Å². The maximum absolute atomic E-state index is 14.0. The van der Waals surface area contributed by atoms with Crippen LogP contribution in [0.25, 0.3) is 0 Å². The monoisotopic (exact) mass is 383 g/mol. The summed E-state index contributed by atoms with van der Waals surface area (Å²) >= 11 is 7.08. The van der Waals surface area contributed by atoms with Crippen LogP contribution in [-0.2, 0) is 4.74 Å². The number of hydrogen-bond donors (Lipinski definition) is 1. The molecule has 132 valence electrons. The third-order valence-corrected chi connectivity index (χ3v) is 5.42. The van der Waals surface area contributed by atoms with Crippen molar-refractivity contribution >= 4 is 35.0 Å². The SMILES string of the molecule is O=C(Nc1ccc(F)c(Cl)c1)c1ccc(F)c(SCC2CCOC2)c1. The fourth-order valence-electron chi connectivity index (χ4n) is 2.45. The van der Waals surface area contributed by atoms with Crippen molar-refractivity contribution in [2.75, 3.05) is 24.3 Å². The van der Waals surface area contributed by atoms with Crippen LogP contribution in [0.5, 0.6) is 0 Å². The Morgan fingerprint density at radius 3 is 2.76 bits per heavy atom. The molecule has 2 aromatic carbocycles. The molecule has 1 amide bonds. The molecule has 1 saturated heterocycles. The first-order valence-electron chi connectivity index (χ1n) is 7.79. The summed E-state index contributed by atoms with van der Waals surface area (Å²) in [5.41, 5.74) is 0.699. The highest BCUT2D eigenvalue weighted by Gasteiger charge is 2.17. The Morgan fingerprint density at radius 1 is 1.24 bits per heavy atom. The van der Waals surface area contributed by atoms with Crippen LogP contribution in [0.15, 0.2) is 41.3 Å². The molecule has 2 aromatic rings. The minimum atomic E-state index is -0.559. The summed E-state index contributed by atoms with van der Waals surface area (Å²) in [4.78, 5) is 12.8. The van der Waals surface area contributed by atoms with Crippen molar-refractivity contribution in [3.63, 3.8) is 0 Å². The Bertz CT molecular complexity index is 782. The molecule has 3 nitrogen and oxygen atoms in total. The van der Waals surface area contributed by atoms with Crippen molar-refractivity contribution in [2.24, 2.45) is 5.92 Å². The van der Waals surface area contributed by atoms with Crippen LogP contribution >= 0.6 is 23.4 Å². The molecule has 1 aliphatic rings. The average molecular weight is 384 g/mol. The summed E-state index contributed by atoms with van der Waals surface area (Å²) < 4.78 is 32.5. The number of carbonyl (C=O) groups is 1. The van der Waals surface area contributed by atoms with Crippen LogP contribution < -0.4 is 5.32 Å². The van der Waals surface area contributed by atoms with Crippen molar-refractivity contribution in [1.82, 2.24) is 0 Å². The highest BCUT2D eigenvalue weighted by atomic mass is 35.5. The second-order valence-electron chi connectivity index (χ2n) is 5.77. The van der Waals surface area contributed by atoms with Crippen LogP contribution in [0, 0.1) is 17.6 Å². The van der Waals surface area contributed by atoms with Gasteiger partial charge in [-0.15, -0.1) is 11.8 Å². The highest BCUT2D eigenvalue weighted by molar-refractivity contribution is 7.99. The second kappa shape index (κ2) is 8.17. The van der Waals surface area contributed by atoms with Crippen LogP contribution in [0.2, 0.25) is 5.02 Å². The van der Waals surface area contributed by atoms with Gasteiger partial charge in [0, 0.05) is 28.5 Å². The van der Waals surface area contributed by atoms with Crippen molar-refractivity contribution in [2.45, 2.75) is 11.3 Å². The molecule has 1 N–H and O–H groups in total. The molecular formula is C18H16ClF2NO2S. The minimum absolute atomic E-state index is 0.0769. The normalized spacial score (nSPS) is 16.8. The Labute approximate surface area is 153 Å². The summed E-state index contributed by atoms with van der Waals surface area (Å²) in [5, 5.41) is 2.55. The van der Waals surface area contributed by atoms with Gasteiger partial charge >= 0.3 is 0 Å². The van der Waals surface area contributed by atoms with E-state index in [-0.39, 0.29) is 10.8 Å². The van der Waals surface area contributed by atoms with Gasteiger partial charge in [-0.1, -0.05) is 11.6 Å². The topological polar surface area (TPSA) is 38.3 Å². The van der Waals surface area contributed by atoms with Gasteiger partial charge < -0.3 is 10.1 Å². The molecule has 0 spiro atoms. The van der Waals surface area contributed by atoms with Gasteiger partial charge in [0.15, 0.2) is 0 Å². The van der Waals surface area contributed by atoms with Crippen molar-refractivity contribution in [1.29, 1.82) is 0 Å². The summed E-state index contributed by atoms with van der Waals surface area (Å²) in [5.74, 6) is -0.173. The number of rotatable bonds is 5. The Kier molecular flexibility index (Phi) is 5.93. The lowest BCUT2D eigenvalue weighted by atomic mass is 10.2. The van der Waals surface area contributed by atoms with Gasteiger partial charge in [0.1, 0.15) is 11.6 Å². The highest BCUT2D eigenvalue weighted by Crippen LogP contribution is 2.28. The van der Waals surface area contributed by atoms with E-state index in [0.29, 0.717) is 28.7 Å². The number of carbonyl (C=O) groups excluding carboxylic acids is 1. The van der Waals surface area contributed by atoms with Crippen LogP contribution in [0.3, 0.4) is 0 Å². The first-order chi connectivity index (χ1) is 12.0. The summed E-state index contributed by atoms with van der Waals surface area (Å²) in [6.45, 7) is 1.44. The Morgan fingerprint density at radius 2 is 2.04 bits per heavy atom. The number of nitrogens with one attached hydrogen (secondary N) is 1. The molecule has 3 rings (SSSR count).